The number of amides is 1. The number of ether oxygens (including phenoxy) is 1. The highest BCUT2D eigenvalue weighted by atomic mass is 16.5. The summed E-state index contributed by atoms with van der Waals surface area (Å²) in [4.78, 5) is 26.0. The molecule has 0 aromatic heterocycles. The van der Waals surface area contributed by atoms with Gasteiger partial charge in [0.25, 0.3) is 0 Å². The fraction of sp³-hybridized carbons (Fsp3) is 0.837. The Labute approximate surface area is 341 Å². The lowest BCUT2D eigenvalue weighted by Gasteiger charge is -2.24. The van der Waals surface area contributed by atoms with Gasteiger partial charge in [0.15, 0.2) is 0 Å². The molecular weight excluding hydrogens is 683 g/mol. The number of aliphatic hydroxyl groups is 2. The molecule has 0 fully saturated rings. The molecule has 0 rings (SSSR count). The molecule has 1 amide bonds. The van der Waals surface area contributed by atoms with Gasteiger partial charge < -0.3 is 20.3 Å². The normalized spacial score (nSPS) is 13.6. The Bertz CT molecular complexity index is 915. The van der Waals surface area contributed by atoms with Gasteiger partial charge in [0.2, 0.25) is 5.91 Å². The number of aliphatic hydroxyl groups excluding tert-OH is 2. The Kier molecular flexibility index (Phi) is 41.7. The van der Waals surface area contributed by atoms with Crippen LogP contribution in [0, 0.1) is 0 Å². The van der Waals surface area contributed by atoms with Gasteiger partial charge in [-0.1, -0.05) is 205 Å². The van der Waals surface area contributed by atoms with Crippen LogP contribution in [0.15, 0.2) is 36.5 Å². The van der Waals surface area contributed by atoms with Crippen LogP contribution in [-0.4, -0.2) is 46.9 Å². The second-order valence-electron chi connectivity index (χ2n) is 16.1. The van der Waals surface area contributed by atoms with Crippen molar-refractivity contribution in [1.29, 1.82) is 0 Å². The molecule has 0 aliphatic heterocycles. The summed E-state index contributed by atoms with van der Waals surface area (Å²) in [5.41, 5.74) is 0. The minimum atomic E-state index is -0.793. The second kappa shape index (κ2) is 43.2. The predicted octanol–water partition coefficient (Wildman–Crippen LogP) is 13.7. The first-order valence-electron chi connectivity index (χ1n) is 23.7. The molecule has 0 saturated heterocycles. The van der Waals surface area contributed by atoms with Crippen LogP contribution in [-0.2, 0) is 14.3 Å². The maximum Gasteiger partial charge on any atom is 0.306 e. The molecule has 0 bridgehead atoms. The summed E-state index contributed by atoms with van der Waals surface area (Å²) in [5, 5.41) is 23.7. The fourth-order valence-electron chi connectivity index (χ4n) is 7.15. The van der Waals surface area contributed by atoms with E-state index in [4.69, 9.17) is 4.74 Å². The van der Waals surface area contributed by atoms with E-state index in [-0.39, 0.29) is 24.9 Å². The summed E-state index contributed by atoms with van der Waals surface area (Å²) in [6, 6.07) is -0.709. The Morgan fingerprint density at radius 1 is 0.545 bits per heavy atom. The molecule has 0 aromatic carbocycles. The standard InChI is InChI=1S/C49H91NO5/c1-4-7-10-13-16-19-22-25-28-31-34-37-40-45(55-49(54)42-39-36-33-30-27-24-21-18-15-12-9-6-3)43-48(53)50-46(44-51)47(52)41-38-35-32-29-26-23-20-17-14-11-8-5-2/h7,10,16,19,25,28,45-47,51-52H,4-6,8-9,11-15,17-18,20-24,26-27,29-44H2,1-3H3,(H,50,53)/b10-7+,19-16+,28-25+. The highest BCUT2D eigenvalue weighted by molar-refractivity contribution is 5.77. The number of hydrogen-bond acceptors (Lipinski definition) is 5. The topological polar surface area (TPSA) is 95.9 Å². The number of rotatable bonds is 42. The number of allylic oxidation sites excluding steroid dienone is 6. The molecular formula is C49H91NO5. The average molecular weight is 774 g/mol. The molecule has 6 nitrogen and oxygen atoms in total. The highest BCUT2D eigenvalue weighted by Gasteiger charge is 2.24. The van der Waals surface area contributed by atoms with E-state index in [0.29, 0.717) is 19.3 Å². The predicted molar refractivity (Wildman–Crippen MR) is 236 cm³/mol. The summed E-state index contributed by atoms with van der Waals surface area (Å²) in [5.74, 6) is -0.507. The smallest absolute Gasteiger partial charge is 0.306 e. The molecule has 55 heavy (non-hydrogen) atoms. The van der Waals surface area contributed by atoms with Gasteiger partial charge in [-0.05, 0) is 57.8 Å². The van der Waals surface area contributed by atoms with Crippen molar-refractivity contribution in [3.8, 4) is 0 Å². The SMILES string of the molecule is CC/C=C/C/C=C/C/C=C/CCCCC(CC(=O)NC(CO)C(O)CCCCCCCCCCCCCC)OC(=O)CCCCCCCCCCCCCC. The van der Waals surface area contributed by atoms with Crippen LogP contribution in [0.5, 0.6) is 0 Å². The molecule has 0 aliphatic rings. The van der Waals surface area contributed by atoms with Crippen LogP contribution in [0.4, 0.5) is 0 Å². The molecule has 0 spiro atoms. The molecule has 0 aromatic rings. The average Bonchev–Trinajstić information content (AvgIpc) is 3.18. The molecule has 0 heterocycles. The van der Waals surface area contributed by atoms with Crippen molar-refractivity contribution in [3.63, 3.8) is 0 Å². The Morgan fingerprint density at radius 2 is 0.982 bits per heavy atom. The minimum Gasteiger partial charge on any atom is -0.462 e. The molecule has 3 atom stereocenters. The van der Waals surface area contributed by atoms with Crippen LogP contribution in [0.1, 0.15) is 239 Å². The second-order valence-corrected chi connectivity index (χ2v) is 16.1. The Morgan fingerprint density at radius 3 is 1.47 bits per heavy atom. The van der Waals surface area contributed by atoms with E-state index in [1.807, 2.05) is 0 Å². The largest absolute Gasteiger partial charge is 0.462 e. The maximum atomic E-state index is 13.1. The molecule has 322 valence electrons. The first-order chi connectivity index (χ1) is 27.0. The summed E-state index contributed by atoms with van der Waals surface area (Å²) < 4.78 is 5.89. The van der Waals surface area contributed by atoms with Crippen molar-refractivity contribution in [2.45, 2.75) is 257 Å². The van der Waals surface area contributed by atoms with Crippen molar-refractivity contribution >= 4 is 11.9 Å². The van der Waals surface area contributed by atoms with Crippen LogP contribution < -0.4 is 5.32 Å². The van der Waals surface area contributed by atoms with Crippen molar-refractivity contribution in [1.82, 2.24) is 5.32 Å². The monoisotopic (exact) mass is 774 g/mol. The van der Waals surface area contributed by atoms with Crippen molar-refractivity contribution in [2.75, 3.05) is 6.61 Å². The lowest BCUT2D eigenvalue weighted by atomic mass is 10.0. The molecule has 3 N–H and O–H groups in total. The number of carbonyl (C=O) groups excluding carboxylic acids is 2. The third-order valence-corrected chi connectivity index (χ3v) is 10.7. The summed E-state index contributed by atoms with van der Waals surface area (Å²) in [6.07, 6.45) is 49.2. The van der Waals surface area contributed by atoms with E-state index in [2.05, 4.69) is 62.5 Å². The van der Waals surface area contributed by atoms with Crippen LogP contribution in [0.2, 0.25) is 0 Å². The number of esters is 1. The van der Waals surface area contributed by atoms with Gasteiger partial charge in [0.1, 0.15) is 6.10 Å². The van der Waals surface area contributed by atoms with E-state index in [1.54, 1.807) is 0 Å². The van der Waals surface area contributed by atoms with Crippen molar-refractivity contribution in [2.24, 2.45) is 0 Å². The van der Waals surface area contributed by atoms with E-state index in [9.17, 15) is 19.8 Å². The van der Waals surface area contributed by atoms with Gasteiger partial charge in [-0.3, -0.25) is 9.59 Å². The van der Waals surface area contributed by atoms with Crippen molar-refractivity contribution < 1.29 is 24.5 Å². The third-order valence-electron chi connectivity index (χ3n) is 10.7. The first-order valence-corrected chi connectivity index (χ1v) is 23.7. The number of carbonyl (C=O) groups is 2. The van der Waals surface area contributed by atoms with Crippen LogP contribution in [0.25, 0.3) is 0 Å². The maximum absolute atomic E-state index is 13.1. The lowest BCUT2D eigenvalue weighted by molar-refractivity contribution is -0.151. The van der Waals surface area contributed by atoms with E-state index >= 15 is 0 Å². The molecule has 0 aliphatic carbocycles. The van der Waals surface area contributed by atoms with Gasteiger partial charge in [-0.25, -0.2) is 0 Å². The van der Waals surface area contributed by atoms with Gasteiger partial charge in [0, 0.05) is 6.42 Å². The van der Waals surface area contributed by atoms with Gasteiger partial charge in [0.05, 0.1) is 25.2 Å². The number of unbranched alkanes of at least 4 members (excludes halogenated alkanes) is 24. The summed E-state index contributed by atoms with van der Waals surface area (Å²) in [6.45, 7) is 6.35. The van der Waals surface area contributed by atoms with E-state index < -0.39 is 18.2 Å². The molecule has 0 radical (unpaired) electrons. The number of nitrogens with one attached hydrogen (secondary N) is 1. The number of hydrogen-bond donors (Lipinski definition) is 3. The Balaban J connectivity index is 4.62. The highest BCUT2D eigenvalue weighted by Crippen LogP contribution is 2.17. The lowest BCUT2D eigenvalue weighted by Crippen LogP contribution is -2.46. The zero-order valence-electron chi connectivity index (χ0n) is 36.6. The molecule has 0 saturated carbocycles. The zero-order chi connectivity index (χ0) is 40.3. The van der Waals surface area contributed by atoms with Gasteiger partial charge in [-0.15, -0.1) is 0 Å². The zero-order valence-corrected chi connectivity index (χ0v) is 36.6. The first kappa shape index (κ1) is 53.1. The van der Waals surface area contributed by atoms with Crippen molar-refractivity contribution in [3.05, 3.63) is 36.5 Å². The quantitative estimate of drug-likeness (QED) is 0.0326. The minimum absolute atomic E-state index is 0.0547. The van der Waals surface area contributed by atoms with Crippen LogP contribution >= 0.6 is 0 Å². The van der Waals surface area contributed by atoms with Gasteiger partial charge >= 0.3 is 5.97 Å². The molecule has 6 heteroatoms. The molecule has 3 unspecified atom stereocenters. The van der Waals surface area contributed by atoms with Crippen LogP contribution in [0.3, 0.4) is 0 Å². The summed E-state index contributed by atoms with van der Waals surface area (Å²) >= 11 is 0. The third kappa shape index (κ3) is 38.7. The Hall–Kier alpha value is -1.92. The summed E-state index contributed by atoms with van der Waals surface area (Å²) in [7, 11) is 0. The fourth-order valence-corrected chi connectivity index (χ4v) is 7.15. The van der Waals surface area contributed by atoms with E-state index in [1.165, 1.54) is 116 Å². The van der Waals surface area contributed by atoms with Gasteiger partial charge in [-0.2, -0.15) is 0 Å². The van der Waals surface area contributed by atoms with E-state index in [0.717, 1.165) is 77.0 Å².